The summed E-state index contributed by atoms with van der Waals surface area (Å²) in [5.74, 6) is -0.680. The summed E-state index contributed by atoms with van der Waals surface area (Å²) in [7, 11) is 0. The van der Waals surface area contributed by atoms with Crippen molar-refractivity contribution in [2.24, 2.45) is 0 Å². The summed E-state index contributed by atoms with van der Waals surface area (Å²) in [5.41, 5.74) is 9.23. The fraction of sp³-hybridized carbons (Fsp3) is 0.295. The Morgan fingerprint density at radius 2 is 0.420 bits per heavy atom. The highest BCUT2D eigenvalue weighted by Crippen LogP contribution is 2.41. The number of hydrogen-bond acceptors (Lipinski definition) is 17. The molecule has 0 bridgehead atoms. The third kappa shape index (κ3) is 23.0. The third-order valence-corrected chi connectivity index (χ3v) is 19.8. The summed E-state index contributed by atoms with van der Waals surface area (Å²) in [6.45, 7) is 1.38. The van der Waals surface area contributed by atoms with E-state index in [2.05, 4.69) is 0 Å². The molecule has 3 aliphatic rings. The van der Waals surface area contributed by atoms with Gasteiger partial charge in [-0.3, -0.25) is 0 Å². The number of hydrogen-bond donors (Lipinski definition) is 0. The smallest absolute Gasteiger partial charge is 0.338 e. The van der Waals surface area contributed by atoms with Crippen LogP contribution in [0.15, 0.2) is 334 Å². The van der Waals surface area contributed by atoms with Crippen LogP contribution in [0.2, 0.25) is 0 Å². The maximum atomic E-state index is 15.4. The van der Waals surface area contributed by atoms with E-state index in [-0.39, 0.29) is 91.5 Å². The quantitative estimate of drug-likeness (QED) is 0.0334. The Labute approximate surface area is 656 Å². The van der Waals surface area contributed by atoms with Gasteiger partial charge in [0.25, 0.3) is 0 Å². The van der Waals surface area contributed by atoms with Gasteiger partial charge >= 0.3 is 5.97 Å². The Balaban J connectivity index is 0.933. The van der Waals surface area contributed by atoms with Gasteiger partial charge in [-0.15, -0.1) is 0 Å². The molecule has 0 unspecified atom stereocenters. The Morgan fingerprint density at radius 1 is 0.214 bits per heavy atom. The van der Waals surface area contributed by atoms with Gasteiger partial charge in [-0.25, -0.2) is 4.79 Å². The van der Waals surface area contributed by atoms with Gasteiger partial charge in [-0.05, 0) is 67.8 Å². The van der Waals surface area contributed by atoms with Crippen LogP contribution in [0.3, 0.4) is 0 Å². The molecule has 0 N–H and O–H groups in total. The molecule has 17 nitrogen and oxygen atoms in total. The fourth-order valence-electron chi connectivity index (χ4n) is 14.0. The summed E-state index contributed by atoms with van der Waals surface area (Å²) < 4.78 is 117. The standard InChI is InChI=1S/C95H96O17/c96-92(79-54-32-11-33-55-79)110-90-87(104-63-76-48-26-8-27-49-76)84(101-60-73-42-20-5-21-43-73)81(67-98-57-70-36-14-2-15-37-70)108-94(90)112-91-88(105-64-77-50-28-9-29-51-77)85(102-61-74-44-22-6-23-45-74)82(68-99-58-71-38-16-3-17-39-71)109-95(91)111-89-86(103-62-75-46-24-7-25-47-75)83(100-59-72-40-18-4-19-41-72)80(66-97-56-69-34-12-1-13-35-69)107-93(89)106-65-78-52-30-10-31-53-78/h1-55,80-91,93-95H,56-68H2/t80-,81-,82-,83-,84-,85-,86+,87+,88+,89+,90-,91+,93+,94+,95+/m1/s1. The molecule has 0 saturated carbocycles. The molecule has 17 heteroatoms. The van der Waals surface area contributed by atoms with Crippen LogP contribution in [0, 0.1) is 0 Å². The van der Waals surface area contributed by atoms with Crippen LogP contribution < -0.4 is 0 Å². The van der Waals surface area contributed by atoms with E-state index in [1.807, 2.05) is 309 Å². The first-order chi connectivity index (χ1) is 55.5. The lowest BCUT2D eigenvalue weighted by Gasteiger charge is -2.52. The minimum absolute atomic E-state index is 0.0350. The Kier molecular flexibility index (Phi) is 29.8. The summed E-state index contributed by atoms with van der Waals surface area (Å²) in [6.07, 6.45) is -17.5. The van der Waals surface area contributed by atoms with Gasteiger partial charge in [0.05, 0.1) is 91.5 Å². The third-order valence-electron chi connectivity index (χ3n) is 19.8. The lowest BCUT2D eigenvalue weighted by atomic mass is 9.95. The highest BCUT2D eigenvalue weighted by Gasteiger charge is 2.58. The predicted molar refractivity (Wildman–Crippen MR) is 421 cm³/mol. The lowest BCUT2D eigenvalue weighted by Crippen LogP contribution is -2.68. The van der Waals surface area contributed by atoms with Gasteiger partial charge in [0, 0.05) is 0 Å². The zero-order valence-corrected chi connectivity index (χ0v) is 62.5. The van der Waals surface area contributed by atoms with E-state index in [0.29, 0.717) is 0 Å². The summed E-state index contributed by atoms with van der Waals surface area (Å²) in [6, 6.07) is 108. The molecule has 3 heterocycles. The van der Waals surface area contributed by atoms with Crippen molar-refractivity contribution in [1.29, 1.82) is 0 Å². The molecule has 11 aromatic carbocycles. The molecule has 3 fully saturated rings. The molecule has 3 aliphatic heterocycles. The minimum atomic E-state index is -1.57. The van der Waals surface area contributed by atoms with Gasteiger partial charge < -0.3 is 75.8 Å². The first kappa shape index (κ1) is 79.0. The largest absolute Gasteiger partial charge is 0.450 e. The average Bonchev–Trinajstić information content (AvgIpc) is 0.756. The van der Waals surface area contributed by atoms with Crippen LogP contribution in [-0.4, -0.2) is 118 Å². The first-order valence-electron chi connectivity index (χ1n) is 38.4. The van der Waals surface area contributed by atoms with Gasteiger partial charge in [0.15, 0.2) is 25.0 Å². The Hall–Kier alpha value is -9.71. The summed E-state index contributed by atoms with van der Waals surface area (Å²) >= 11 is 0. The van der Waals surface area contributed by atoms with Crippen molar-refractivity contribution < 1.29 is 80.6 Å². The maximum Gasteiger partial charge on any atom is 0.338 e. The van der Waals surface area contributed by atoms with Crippen molar-refractivity contribution in [3.05, 3.63) is 395 Å². The van der Waals surface area contributed by atoms with Crippen molar-refractivity contribution >= 4 is 5.97 Å². The molecule has 578 valence electrons. The number of carbonyl (C=O) groups is 1. The molecular weight excluding hydrogens is 1410 g/mol. The van der Waals surface area contributed by atoms with E-state index in [1.165, 1.54) is 0 Å². The van der Waals surface area contributed by atoms with Gasteiger partial charge in [-0.1, -0.05) is 322 Å². The van der Waals surface area contributed by atoms with Gasteiger partial charge in [0.1, 0.15) is 67.1 Å². The second-order valence-electron chi connectivity index (χ2n) is 27.9. The molecule has 3 saturated heterocycles. The van der Waals surface area contributed by atoms with E-state index >= 15 is 4.79 Å². The van der Waals surface area contributed by atoms with Crippen molar-refractivity contribution in [3.8, 4) is 0 Å². The van der Waals surface area contributed by atoms with Crippen molar-refractivity contribution in [3.63, 3.8) is 0 Å². The van der Waals surface area contributed by atoms with E-state index in [1.54, 1.807) is 24.3 Å². The molecule has 14 rings (SSSR count). The number of benzene rings is 11. The van der Waals surface area contributed by atoms with Crippen LogP contribution >= 0.6 is 0 Å². The SMILES string of the molecule is O=C(O[C@H]1[C@H](O[C@@H]2[C@H](O[C@@H]3[C@@H](OCc4ccccc4)O[C@H](COCc4ccccc4)[C@@H](OCc4ccccc4)[C@@H]3OCc3ccccc3)O[C@H](COCc3ccccc3)[C@@H](OCc3ccccc3)[C@@H]2OCc2ccccc2)O[C@H](COCc2ccccc2)[C@@H](OCc2ccccc2)[C@@H]1OCc1ccccc1)c1ccccc1. The monoisotopic (exact) mass is 1510 g/mol. The number of esters is 1. The molecule has 15 atom stereocenters. The van der Waals surface area contributed by atoms with Crippen LogP contribution in [0.5, 0.6) is 0 Å². The van der Waals surface area contributed by atoms with E-state index in [4.69, 9.17) is 75.8 Å². The van der Waals surface area contributed by atoms with Gasteiger partial charge in [-0.2, -0.15) is 0 Å². The zero-order chi connectivity index (χ0) is 76.0. The normalized spacial score (nSPS) is 23.7. The molecule has 0 amide bonds. The van der Waals surface area contributed by atoms with Crippen molar-refractivity contribution in [2.45, 2.75) is 158 Å². The first-order valence-corrected chi connectivity index (χ1v) is 38.4. The lowest BCUT2D eigenvalue weighted by molar-refractivity contribution is -0.404. The molecule has 0 radical (unpaired) electrons. The van der Waals surface area contributed by atoms with E-state index in [0.717, 1.165) is 55.6 Å². The second kappa shape index (κ2) is 42.2. The number of ether oxygens (including phenoxy) is 16. The van der Waals surface area contributed by atoms with Crippen LogP contribution in [0.25, 0.3) is 0 Å². The van der Waals surface area contributed by atoms with Crippen molar-refractivity contribution in [1.82, 2.24) is 0 Å². The fourth-order valence-corrected chi connectivity index (χ4v) is 14.0. The highest BCUT2D eigenvalue weighted by molar-refractivity contribution is 5.89. The Morgan fingerprint density at radius 3 is 0.696 bits per heavy atom. The number of carbonyl (C=O) groups excluding carboxylic acids is 1. The summed E-state index contributed by atoms with van der Waals surface area (Å²) in [5, 5.41) is 0. The van der Waals surface area contributed by atoms with Crippen LogP contribution in [-0.2, 0) is 142 Å². The van der Waals surface area contributed by atoms with E-state index < -0.39 is 98.1 Å². The molecule has 0 spiro atoms. The molecule has 0 aromatic heterocycles. The van der Waals surface area contributed by atoms with Gasteiger partial charge in [0.2, 0.25) is 0 Å². The average molecular weight is 1510 g/mol. The molecule has 112 heavy (non-hydrogen) atoms. The van der Waals surface area contributed by atoms with Crippen LogP contribution in [0.1, 0.15) is 66.0 Å². The Bertz CT molecular complexity index is 4420. The predicted octanol–water partition coefficient (Wildman–Crippen LogP) is 16.5. The molecule has 11 aromatic rings. The maximum absolute atomic E-state index is 15.4. The van der Waals surface area contributed by atoms with E-state index in [9.17, 15) is 0 Å². The minimum Gasteiger partial charge on any atom is -0.450 e. The highest BCUT2D eigenvalue weighted by atomic mass is 16.8. The molecule has 0 aliphatic carbocycles. The summed E-state index contributed by atoms with van der Waals surface area (Å²) in [4.78, 5) is 15.4. The topological polar surface area (TPSA) is 165 Å². The van der Waals surface area contributed by atoms with Crippen molar-refractivity contribution in [2.75, 3.05) is 19.8 Å². The second-order valence-corrected chi connectivity index (χ2v) is 27.9. The van der Waals surface area contributed by atoms with Crippen LogP contribution in [0.4, 0.5) is 0 Å². The zero-order valence-electron chi connectivity index (χ0n) is 62.5. The number of rotatable bonds is 39. The molecular formula is C95H96O17.